The lowest BCUT2D eigenvalue weighted by atomic mass is 10.1. The molecule has 1 aromatic carbocycles. The second-order valence-corrected chi connectivity index (χ2v) is 6.87. The number of hydrogen-bond acceptors (Lipinski definition) is 3. The molecule has 1 aliphatic heterocycles. The van der Waals surface area contributed by atoms with Gasteiger partial charge in [-0.05, 0) is 31.2 Å². The third kappa shape index (κ3) is 3.00. The van der Waals surface area contributed by atoms with Crippen molar-refractivity contribution in [1.82, 2.24) is 9.40 Å². The van der Waals surface area contributed by atoms with Crippen LogP contribution in [0.3, 0.4) is 0 Å². The summed E-state index contributed by atoms with van der Waals surface area (Å²) in [5, 5.41) is 4.10. The van der Waals surface area contributed by atoms with Gasteiger partial charge in [0.1, 0.15) is 0 Å². The molecule has 0 saturated heterocycles. The minimum Gasteiger partial charge on any atom is -0.351 e. The second kappa shape index (κ2) is 5.37. The van der Waals surface area contributed by atoms with Gasteiger partial charge >= 0.3 is 0 Å². The van der Waals surface area contributed by atoms with Crippen LogP contribution in [0.2, 0.25) is 0 Å². The summed E-state index contributed by atoms with van der Waals surface area (Å²) in [5.41, 5.74) is 3.04. The fourth-order valence-corrected chi connectivity index (χ4v) is 3.21. The Morgan fingerprint density at radius 3 is 2.71 bits per heavy atom. The minimum atomic E-state index is -3.58. The summed E-state index contributed by atoms with van der Waals surface area (Å²) in [6.45, 7) is 2.76. The first-order valence-corrected chi connectivity index (χ1v) is 8.31. The smallest absolute Gasteiger partial charge is 0.276 e. The van der Waals surface area contributed by atoms with Crippen molar-refractivity contribution in [1.29, 1.82) is 0 Å². The van der Waals surface area contributed by atoms with Gasteiger partial charge in [-0.2, -0.15) is 13.5 Å². The van der Waals surface area contributed by atoms with Crippen molar-refractivity contribution in [3.8, 4) is 0 Å². The zero-order valence-electron chi connectivity index (χ0n) is 11.8. The van der Waals surface area contributed by atoms with E-state index in [0.29, 0.717) is 6.42 Å². The summed E-state index contributed by atoms with van der Waals surface area (Å²) >= 11 is 0. The van der Waals surface area contributed by atoms with Crippen LogP contribution in [0.5, 0.6) is 0 Å². The monoisotopic (exact) mass is 303 g/mol. The molecule has 2 aromatic rings. The number of aryl methyl sites for hydroxylation is 2. The Balaban J connectivity index is 1.75. The van der Waals surface area contributed by atoms with Gasteiger partial charge < -0.3 is 4.57 Å². The second-order valence-electron chi connectivity index (χ2n) is 5.21. The first-order valence-electron chi connectivity index (χ1n) is 6.82. The highest BCUT2D eigenvalue weighted by Gasteiger charge is 2.16. The molecule has 1 aliphatic rings. The summed E-state index contributed by atoms with van der Waals surface area (Å²) in [5.74, 6) is 0. The Hall–Kier alpha value is -2.08. The lowest BCUT2D eigenvalue weighted by molar-refractivity contribution is 0.583. The fourth-order valence-electron chi connectivity index (χ4n) is 2.37. The summed E-state index contributed by atoms with van der Waals surface area (Å²) in [6.07, 6.45) is 3.48. The van der Waals surface area contributed by atoms with E-state index >= 15 is 0 Å². The molecule has 0 fully saturated rings. The predicted octanol–water partition coefficient (Wildman–Crippen LogP) is 2.08. The van der Waals surface area contributed by atoms with Gasteiger partial charge in [-0.3, -0.25) is 0 Å². The zero-order chi connectivity index (χ0) is 14.9. The number of rotatable bonds is 3. The molecule has 0 amide bonds. The average molecular weight is 303 g/mol. The molecule has 110 valence electrons. The molecular formula is C15H17N3O2S. The summed E-state index contributed by atoms with van der Waals surface area (Å²) in [6, 6.07) is 10.7. The van der Waals surface area contributed by atoms with Crippen molar-refractivity contribution < 1.29 is 8.42 Å². The highest BCUT2D eigenvalue weighted by atomic mass is 32.2. The molecule has 5 nitrogen and oxygen atoms in total. The van der Waals surface area contributed by atoms with Crippen LogP contribution in [0.25, 0.3) is 0 Å². The van der Waals surface area contributed by atoms with E-state index in [-0.39, 0.29) is 4.90 Å². The molecule has 0 aliphatic carbocycles. The predicted molar refractivity (Wildman–Crippen MR) is 81.7 cm³/mol. The van der Waals surface area contributed by atoms with Gasteiger partial charge in [0.15, 0.2) is 0 Å². The van der Waals surface area contributed by atoms with E-state index in [9.17, 15) is 8.42 Å². The van der Waals surface area contributed by atoms with Crippen LogP contribution >= 0.6 is 0 Å². The van der Waals surface area contributed by atoms with Gasteiger partial charge in [0.2, 0.25) is 0 Å². The van der Waals surface area contributed by atoms with E-state index in [0.717, 1.165) is 29.9 Å². The maximum absolute atomic E-state index is 12.2. The maximum atomic E-state index is 12.2. The van der Waals surface area contributed by atoms with Crippen molar-refractivity contribution in [2.24, 2.45) is 5.10 Å². The van der Waals surface area contributed by atoms with Gasteiger partial charge in [0, 0.05) is 37.0 Å². The minimum absolute atomic E-state index is 0.233. The van der Waals surface area contributed by atoms with Gasteiger partial charge in [-0.1, -0.05) is 17.7 Å². The van der Waals surface area contributed by atoms with Crippen molar-refractivity contribution in [3.63, 3.8) is 0 Å². The molecule has 0 radical (unpaired) electrons. The number of benzene rings is 1. The number of nitrogens with zero attached hydrogens (tertiary/aromatic N) is 2. The molecule has 0 saturated carbocycles. The lowest BCUT2D eigenvalue weighted by Crippen LogP contribution is -2.24. The Kier molecular flexibility index (Phi) is 3.55. The summed E-state index contributed by atoms with van der Waals surface area (Å²) < 4.78 is 26.5. The van der Waals surface area contributed by atoms with Crippen molar-refractivity contribution in [2.45, 2.75) is 31.2 Å². The zero-order valence-corrected chi connectivity index (χ0v) is 12.6. The number of sulfonamides is 1. The van der Waals surface area contributed by atoms with E-state index in [4.69, 9.17) is 0 Å². The van der Waals surface area contributed by atoms with E-state index in [2.05, 4.69) is 14.5 Å². The SMILES string of the molecule is Cc1ccc(S(=O)(=O)NN=C2CCn3cccc3C2)cc1. The quantitative estimate of drug-likeness (QED) is 0.882. The van der Waals surface area contributed by atoms with Crippen molar-refractivity contribution >= 4 is 15.7 Å². The molecule has 21 heavy (non-hydrogen) atoms. The van der Waals surface area contributed by atoms with Crippen LogP contribution in [-0.2, 0) is 23.0 Å². The Morgan fingerprint density at radius 2 is 1.95 bits per heavy atom. The number of aromatic nitrogens is 1. The maximum Gasteiger partial charge on any atom is 0.276 e. The largest absolute Gasteiger partial charge is 0.351 e. The molecular weight excluding hydrogens is 286 g/mol. The molecule has 6 heteroatoms. The first kappa shape index (κ1) is 13.9. The normalized spacial score (nSPS) is 16.7. The molecule has 0 bridgehead atoms. The van der Waals surface area contributed by atoms with Gasteiger partial charge in [0.25, 0.3) is 10.0 Å². The summed E-state index contributed by atoms with van der Waals surface area (Å²) in [4.78, 5) is 2.57. The molecule has 1 N–H and O–H groups in total. The highest BCUT2D eigenvalue weighted by Crippen LogP contribution is 2.14. The first-order chi connectivity index (χ1) is 10.0. The Morgan fingerprint density at radius 1 is 1.19 bits per heavy atom. The van der Waals surface area contributed by atoms with E-state index < -0.39 is 10.0 Å². The molecule has 3 rings (SSSR count). The lowest BCUT2D eigenvalue weighted by Gasteiger charge is -2.17. The third-order valence-corrected chi connectivity index (χ3v) is 4.83. The van der Waals surface area contributed by atoms with Crippen LogP contribution < -0.4 is 4.83 Å². The van der Waals surface area contributed by atoms with Crippen molar-refractivity contribution in [3.05, 3.63) is 53.9 Å². The van der Waals surface area contributed by atoms with Crippen molar-refractivity contribution in [2.75, 3.05) is 0 Å². The van der Waals surface area contributed by atoms with Gasteiger partial charge in [-0.15, -0.1) is 0 Å². The standard InChI is InChI=1S/C15H17N3O2S/c1-12-4-6-15(7-5-12)21(19,20)17-16-13-8-10-18-9-2-3-14(18)11-13/h2-7,9,17H,8,10-11H2,1H3. The average Bonchev–Trinajstić information content (AvgIpc) is 2.93. The van der Waals surface area contributed by atoms with Crippen LogP contribution in [0.15, 0.2) is 52.6 Å². The van der Waals surface area contributed by atoms with Crippen LogP contribution in [-0.4, -0.2) is 18.7 Å². The molecule has 0 atom stereocenters. The van der Waals surface area contributed by atoms with Crippen LogP contribution in [0.1, 0.15) is 17.7 Å². The Bertz CT molecular complexity index is 774. The molecule has 1 aromatic heterocycles. The highest BCUT2D eigenvalue weighted by molar-refractivity contribution is 7.89. The number of fused-ring (bicyclic) bond motifs is 1. The van der Waals surface area contributed by atoms with Crippen LogP contribution in [0.4, 0.5) is 0 Å². The third-order valence-electron chi connectivity index (χ3n) is 3.61. The Labute approximate surface area is 124 Å². The van der Waals surface area contributed by atoms with E-state index in [1.54, 1.807) is 24.3 Å². The van der Waals surface area contributed by atoms with Crippen LogP contribution in [0, 0.1) is 6.92 Å². The fraction of sp³-hybridized carbons (Fsp3) is 0.267. The number of hydrogen-bond donors (Lipinski definition) is 1. The van der Waals surface area contributed by atoms with E-state index in [1.165, 1.54) is 0 Å². The molecule has 2 heterocycles. The topological polar surface area (TPSA) is 63.5 Å². The molecule has 0 spiro atoms. The summed E-state index contributed by atoms with van der Waals surface area (Å²) in [7, 11) is -3.58. The number of nitrogens with one attached hydrogen (secondary N) is 1. The molecule has 0 unspecified atom stereocenters. The number of hydrazone groups is 1. The van der Waals surface area contributed by atoms with Gasteiger partial charge in [-0.25, -0.2) is 4.83 Å². The van der Waals surface area contributed by atoms with Gasteiger partial charge in [0.05, 0.1) is 4.90 Å². The van der Waals surface area contributed by atoms with E-state index in [1.807, 2.05) is 25.3 Å².